The summed E-state index contributed by atoms with van der Waals surface area (Å²) in [7, 11) is -1.57. The number of aromatic nitrogens is 1. The van der Waals surface area contributed by atoms with Crippen molar-refractivity contribution >= 4 is 39.0 Å². The molecule has 0 aliphatic carbocycles. The molecule has 2 aliphatic rings. The summed E-state index contributed by atoms with van der Waals surface area (Å²) in [5, 5.41) is 2.81. The summed E-state index contributed by atoms with van der Waals surface area (Å²) in [6.07, 6.45) is 1.69. The number of aromatic amines is 1. The quantitative estimate of drug-likeness (QED) is 0.520. The molecule has 2 amide bonds. The van der Waals surface area contributed by atoms with Crippen LogP contribution in [0.15, 0.2) is 59.5 Å². The van der Waals surface area contributed by atoms with Gasteiger partial charge in [0.05, 0.1) is 16.2 Å². The molecule has 0 saturated carbocycles. The summed E-state index contributed by atoms with van der Waals surface area (Å²) in [6.45, 7) is 4.86. The maximum Gasteiger partial charge on any atom is 0.270 e. The number of hydrogen-bond donors (Lipinski definition) is 2. The molecule has 36 heavy (non-hydrogen) atoms. The van der Waals surface area contributed by atoms with Crippen LogP contribution in [-0.4, -0.2) is 68.2 Å². The summed E-state index contributed by atoms with van der Waals surface area (Å²) in [4.78, 5) is 33.1. The average Bonchev–Trinajstić information content (AvgIpc) is 3.38. The zero-order chi connectivity index (χ0) is 25.4. The third-order valence-corrected chi connectivity index (χ3v) is 8.38. The van der Waals surface area contributed by atoms with E-state index in [0.717, 1.165) is 18.7 Å². The highest BCUT2D eigenvalue weighted by Gasteiger charge is 2.28. The van der Waals surface area contributed by atoms with E-state index in [0.29, 0.717) is 46.9 Å². The number of rotatable bonds is 5. The molecule has 0 bridgehead atoms. The van der Waals surface area contributed by atoms with Crippen molar-refractivity contribution in [1.82, 2.24) is 14.8 Å². The topological polar surface area (TPSA) is 103 Å². The van der Waals surface area contributed by atoms with Crippen molar-refractivity contribution in [2.45, 2.75) is 17.6 Å². The van der Waals surface area contributed by atoms with Crippen LogP contribution in [0.25, 0.3) is 11.6 Å². The van der Waals surface area contributed by atoms with Crippen LogP contribution in [0.4, 0.5) is 5.69 Å². The van der Waals surface area contributed by atoms with E-state index in [1.165, 1.54) is 6.07 Å². The molecule has 9 heteroatoms. The van der Waals surface area contributed by atoms with E-state index in [1.54, 1.807) is 48.5 Å². The molecule has 1 saturated heterocycles. The van der Waals surface area contributed by atoms with Crippen LogP contribution >= 0.6 is 0 Å². The Morgan fingerprint density at radius 1 is 1.03 bits per heavy atom. The molecule has 0 spiro atoms. The summed E-state index contributed by atoms with van der Waals surface area (Å²) in [5.74, 6) is -0.509. The molecule has 0 atom stereocenters. The minimum absolute atomic E-state index is 0.0681. The van der Waals surface area contributed by atoms with Gasteiger partial charge in [0.15, 0.2) is 9.84 Å². The lowest BCUT2D eigenvalue weighted by molar-refractivity contribution is -0.110. The maximum absolute atomic E-state index is 13.1. The Balaban J connectivity index is 1.44. The second-order valence-electron chi connectivity index (χ2n) is 9.34. The molecule has 1 fully saturated rings. The predicted octanol–water partition coefficient (Wildman–Crippen LogP) is 3.18. The van der Waals surface area contributed by atoms with Gasteiger partial charge in [0.2, 0.25) is 0 Å². The SMILES string of the molecule is Cc1cc(C(=O)N2CCN(C)CC2)[nH]c1/C=C1\C(=O)Nc2ccc(S(=O)(=O)Cc3ccccc3)cc21. The van der Waals surface area contributed by atoms with Crippen LogP contribution in [0.2, 0.25) is 0 Å². The van der Waals surface area contributed by atoms with Crippen molar-refractivity contribution in [3.63, 3.8) is 0 Å². The normalized spacial score (nSPS) is 17.3. The van der Waals surface area contributed by atoms with Gasteiger partial charge in [-0.15, -0.1) is 0 Å². The first-order valence-electron chi connectivity index (χ1n) is 11.8. The fourth-order valence-corrected chi connectivity index (χ4v) is 5.91. The fraction of sp³-hybridized carbons (Fsp3) is 0.259. The van der Waals surface area contributed by atoms with E-state index in [9.17, 15) is 18.0 Å². The van der Waals surface area contributed by atoms with E-state index < -0.39 is 9.84 Å². The van der Waals surface area contributed by atoms with Crippen LogP contribution in [0.5, 0.6) is 0 Å². The minimum atomic E-state index is -3.61. The Kier molecular flexibility index (Phi) is 6.27. The lowest BCUT2D eigenvalue weighted by Crippen LogP contribution is -2.47. The Hall–Kier alpha value is -3.69. The molecule has 3 heterocycles. The third kappa shape index (κ3) is 4.72. The molecule has 0 radical (unpaired) electrons. The van der Waals surface area contributed by atoms with Crippen molar-refractivity contribution in [1.29, 1.82) is 0 Å². The predicted molar refractivity (Wildman–Crippen MR) is 139 cm³/mol. The number of nitrogens with one attached hydrogen (secondary N) is 2. The lowest BCUT2D eigenvalue weighted by atomic mass is 10.1. The van der Waals surface area contributed by atoms with Crippen molar-refractivity contribution in [3.05, 3.63) is 82.7 Å². The van der Waals surface area contributed by atoms with Gasteiger partial charge in [0, 0.05) is 43.1 Å². The number of aryl methyl sites for hydroxylation is 1. The van der Waals surface area contributed by atoms with E-state index in [4.69, 9.17) is 0 Å². The summed E-state index contributed by atoms with van der Waals surface area (Å²) in [6, 6.07) is 15.5. The average molecular weight is 505 g/mol. The van der Waals surface area contributed by atoms with Crippen LogP contribution in [0.1, 0.15) is 32.9 Å². The maximum atomic E-state index is 13.1. The van der Waals surface area contributed by atoms with Crippen LogP contribution in [0, 0.1) is 6.92 Å². The standard InChI is InChI=1S/C27H28N4O4S/c1-18-14-25(27(33)31-12-10-30(2)11-13-31)28-24(18)16-22-21-15-20(8-9-23(21)29-26(22)32)36(34,35)17-19-6-4-3-5-7-19/h3-9,14-16,28H,10-13,17H2,1-2H3,(H,29,32)/b22-16-. The van der Waals surface area contributed by atoms with Crippen LogP contribution in [0.3, 0.4) is 0 Å². The minimum Gasteiger partial charge on any atom is -0.351 e. The van der Waals surface area contributed by atoms with Crippen molar-refractivity contribution in [3.8, 4) is 0 Å². The van der Waals surface area contributed by atoms with Gasteiger partial charge in [-0.2, -0.15) is 0 Å². The highest BCUT2D eigenvalue weighted by atomic mass is 32.2. The van der Waals surface area contributed by atoms with Crippen molar-refractivity contribution in [2.75, 3.05) is 38.5 Å². The van der Waals surface area contributed by atoms with E-state index in [1.807, 2.05) is 24.9 Å². The first kappa shape index (κ1) is 24.0. The molecule has 0 unspecified atom stereocenters. The Morgan fingerprint density at radius 3 is 2.47 bits per heavy atom. The number of likely N-dealkylation sites (N-methyl/N-ethyl adjacent to an activating group) is 1. The molecule has 2 aliphatic heterocycles. The second-order valence-corrected chi connectivity index (χ2v) is 11.3. The number of sulfone groups is 1. The van der Waals surface area contributed by atoms with Crippen molar-refractivity contribution in [2.24, 2.45) is 0 Å². The van der Waals surface area contributed by atoms with E-state index >= 15 is 0 Å². The van der Waals surface area contributed by atoms with Gasteiger partial charge >= 0.3 is 0 Å². The Labute approximate surface area is 210 Å². The van der Waals surface area contributed by atoms with Crippen molar-refractivity contribution < 1.29 is 18.0 Å². The molecule has 2 N–H and O–H groups in total. The summed E-state index contributed by atoms with van der Waals surface area (Å²) in [5.41, 5.74) is 4.07. The van der Waals surface area contributed by atoms with Crippen LogP contribution < -0.4 is 5.32 Å². The van der Waals surface area contributed by atoms with Gasteiger partial charge in [-0.05, 0) is 55.4 Å². The summed E-state index contributed by atoms with van der Waals surface area (Å²) >= 11 is 0. The number of piperazine rings is 1. The fourth-order valence-electron chi connectivity index (χ4n) is 4.54. The first-order chi connectivity index (χ1) is 17.2. The number of amides is 2. The molecule has 2 aromatic carbocycles. The zero-order valence-corrected chi connectivity index (χ0v) is 21.1. The van der Waals surface area contributed by atoms with Crippen LogP contribution in [-0.2, 0) is 20.4 Å². The lowest BCUT2D eigenvalue weighted by Gasteiger charge is -2.32. The van der Waals surface area contributed by atoms with Gasteiger partial charge in [-0.25, -0.2) is 8.42 Å². The number of carbonyl (C=O) groups excluding carboxylic acids is 2. The molecular weight excluding hydrogens is 476 g/mol. The number of anilines is 1. The molecule has 5 rings (SSSR count). The van der Waals surface area contributed by atoms with Gasteiger partial charge in [-0.3, -0.25) is 9.59 Å². The van der Waals surface area contributed by atoms with E-state index in [2.05, 4.69) is 15.2 Å². The number of nitrogens with zero attached hydrogens (tertiary/aromatic N) is 2. The largest absolute Gasteiger partial charge is 0.351 e. The zero-order valence-electron chi connectivity index (χ0n) is 20.2. The molecule has 8 nitrogen and oxygen atoms in total. The third-order valence-electron chi connectivity index (χ3n) is 6.70. The smallest absolute Gasteiger partial charge is 0.270 e. The van der Waals surface area contributed by atoms with Gasteiger partial charge in [0.1, 0.15) is 5.69 Å². The van der Waals surface area contributed by atoms with Gasteiger partial charge in [0.25, 0.3) is 11.8 Å². The van der Waals surface area contributed by atoms with Gasteiger partial charge < -0.3 is 20.1 Å². The number of benzene rings is 2. The molecule has 186 valence electrons. The molecular formula is C27H28N4O4S. The summed E-state index contributed by atoms with van der Waals surface area (Å²) < 4.78 is 26.1. The first-order valence-corrected chi connectivity index (χ1v) is 13.5. The Bertz CT molecular complexity index is 1470. The second kappa shape index (κ2) is 9.40. The Morgan fingerprint density at radius 2 is 1.75 bits per heavy atom. The van der Waals surface area contributed by atoms with E-state index in [-0.39, 0.29) is 22.5 Å². The number of H-pyrrole nitrogens is 1. The highest BCUT2D eigenvalue weighted by Crippen LogP contribution is 2.35. The number of fused-ring (bicyclic) bond motifs is 1. The monoisotopic (exact) mass is 504 g/mol. The molecule has 3 aromatic rings. The number of hydrogen-bond acceptors (Lipinski definition) is 5. The molecule has 1 aromatic heterocycles. The highest BCUT2D eigenvalue weighted by molar-refractivity contribution is 7.90. The van der Waals surface area contributed by atoms with Gasteiger partial charge in [-0.1, -0.05) is 30.3 Å². The number of carbonyl (C=O) groups is 2.